The van der Waals surface area contributed by atoms with E-state index in [1.807, 2.05) is 0 Å². The SMILES string of the molecule is CCC1=NC(=O)C=C(O)C1O. The molecule has 4 heteroatoms. The molecule has 60 valence electrons. The van der Waals surface area contributed by atoms with Gasteiger partial charge in [0.2, 0.25) is 0 Å². The van der Waals surface area contributed by atoms with Gasteiger partial charge in [-0.1, -0.05) is 6.92 Å². The van der Waals surface area contributed by atoms with Crippen molar-refractivity contribution >= 4 is 11.6 Å². The van der Waals surface area contributed by atoms with Crippen LogP contribution in [-0.2, 0) is 4.79 Å². The summed E-state index contributed by atoms with van der Waals surface area (Å²) in [6.45, 7) is 1.76. The Kier molecular flexibility index (Phi) is 2.05. The van der Waals surface area contributed by atoms with E-state index in [4.69, 9.17) is 10.2 Å². The van der Waals surface area contributed by atoms with Crippen molar-refractivity contribution in [3.63, 3.8) is 0 Å². The van der Waals surface area contributed by atoms with Gasteiger partial charge in [0.05, 0.1) is 5.71 Å². The van der Waals surface area contributed by atoms with Crippen LogP contribution in [0.2, 0.25) is 0 Å². The second-order valence-corrected chi connectivity index (χ2v) is 2.27. The summed E-state index contributed by atoms with van der Waals surface area (Å²) in [4.78, 5) is 14.2. The van der Waals surface area contributed by atoms with Crippen molar-refractivity contribution < 1.29 is 15.0 Å². The van der Waals surface area contributed by atoms with Crippen molar-refractivity contribution in [2.45, 2.75) is 19.4 Å². The minimum absolute atomic E-state index is 0.315. The van der Waals surface area contributed by atoms with Crippen LogP contribution >= 0.6 is 0 Å². The van der Waals surface area contributed by atoms with Gasteiger partial charge in [0, 0.05) is 6.08 Å². The maximum atomic E-state index is 10.7. The predicted molar refractivity (Wildman–Crippen MR) is 39.5 cm³/mol. The highest BCUT2D eigenvalue weighted by Gasteiger charge is 2.21. The molecular formula is C7H9NO3. The molecule has 0 saturated heterocycles. The van der Waals surface area contributed by atoms with Crippen LogP contribution in [-0.4, -0.2) is 27.9 Å². The van der Waals surface area contributed by atoms with Crippen molar-refractivity contribution in [3.05, 3.63) is 11.8 Å². The van der Waals surface area contributed by atoms with Crippen LogP contribution in [0.1, 0.15) is 13.3 Å². The molecule has 0 spiro atoms. The molecule has 1 atom stereocenters. The highest BCUT2D eigenvalue weighted by atomic mass is 16.3. The first-order valence-corrected chi connectivity index (χ1v) is 3.35. The van der Waals surface area contributed by atoms with E-state index in [2.05, 4.69) is 4.99 Å². The molecule has 1 aliphatic rings. The fraction of sp³-hybridized carbons (Fsp3) is 0.429. The average molecular weight is 155 g/mol. The molecule has 0 aromatic heterocycles. The van der Waals surface area contributed by atoms with Crippen molar-refractivity contribution in [1.29, 1.82) is 0 Å². The summed E-state index contributed by atoms with van der Waals surface area (Å²) in [5.74, 6) is -0.827. The molecule has 1 heterocycles. The van der Waals surface area contributed by atoms with Crippen LogP contribution < -0.4 is 0 Å². The van der Waals surface area contributed by atoms with Crippen LogP contribution in [0.15, 0.2) is 16.8 Å². The zero-order valence-electron chi connectivity index (χ0n) is 6.11. The first kappa shape index (κ1) is 7.94. The lowest BCUT2D eigenvalue weighted by atomic mass is 10.1. The van der Waals surface area contributed by atoms with Crippen LogP contribution in [0.4, 0.5) is 0 Å². The first-order chi connectivity index (χ1) is 5.15. The number of dihydropyridines is 1. The molecule has 1 aliphatic heterocycles. The second-order valence-electron chi connectivity index (χ2n) is 2.27. The number of carbonyl (C=O) groups excluding carboxylic acids is 1. The highest BCUT2D eigenvalue weighted by molar-refractivity contribution is 6.06. The van der Waals surface area contributed by atoms with Crippen LogP contribution in [0.25, 0.3) is 0 Å². The second kappa shape index (κ2) is 2.84. The Hall–Kier alpha value is -1.16. The third kappa shape index (κ3) is 1.46. The zero-order chi connectivity index (χ0) is 8.43. The largest absolute Gasteiger partial charge is 0.509 e. The molecule has 0 aromatic carbocycles. The van der Waals surface area contributed by atoms with Gasteiger partial charge in [-0.2, -0.15) is 0 Å². The standard InChI is InChI=1S/C7H9NO3/c1-2-4-7(11)5(9)3-6(10)8-4/h3,7,9,11H,2H2,1H3. The molecule has 2 N–H and O–H groups in total. The van der Waals surface area contributed by atoms with E-state index < -0.39 is 12.0 Å². The predicted octanol–water partition coefficient (Wildman–Crippen LogP) is 0.180. The lowest BCUT2D eigenvalue weighted by Crippen LogP contribution is -2.27. The van der Waals surface area contributed by atoms with Crippen LogP contribution in [0.5, 0.6) is 0 Å². The number of hydrogen-bond donors (Lipinski definition) is 2. The van der Waals surface area contributed by atoms with E-state index in [9.17, 15) is 4.79 Å². The summed E-state index contributed by atoms with van der Waals surface area (Å²) in [7, 11) is 0. The minimum Gasteiger partial charge on any atom is -0.509 e. The van der Waals surface area contributed by atoms with Gasteiger partial charge in [-0.25, -0.2) is 4.99 Å². The van der Waals surface area contributed by atoms with Gasteiger partial charge in [-0.05, 0) is 6.42 Å². The van der Waals surface area contributed by atoms with Crippen LogP contribution in [0, 0.1) is 0 Å². The van der Waals surface area contributed by atoms with E-state index in [-0.39, 0.29) is 5.76 Å². The first-order valence-electron chi connectivity index (χ1n) is 3.35. The molecular weight excluding hydrogens is 146 g/mol. The molecule has 1 rings (SSSR count). The van der Waals surface area contributed by atoms with Crippen molar-refractivity contribution in [3.8, 4) is 0 Å². The molecule has 0 radical (unpaired) electrons. The number of nitrogens with zero attached hydrogens (tertiary/aromatic N) is 1. The highest BCUT2D eigenvalue weighted by Crippen LogP contribution is 2.09. The summed E-state index contributed by atoms with van der Waals surface area (Å²) in [6.07, 6.45) is 0.298. The Labute approximate surface area is 63.9 Å². The third-order valence-electron chi connectivity index (χ3n) is 1.48. The van der Waals surface area contributed by atoms with Gasteiger partial charge in [0.15, 0.2) is 0 Å². The fourth-order valence-electron chi connectivity index (χ4n) is 0.884. The zero-order valence-corrected chi connectivity index (χ0v) is 6.11. The number of aliphatic imine (C=N–C) groups is 1. The number of aliphatic hydroxyl groups excluding tert-OH is 2. The molecule has 0 bridgehead atoms. The van der Waals surface area contributed by atoms with E-state index >= 15 is 0 Å². The molecule has 1 amide bonds. The number of amides is 1. The Balaban J connectivity index is 2.90. The van der Waals surface area contributed by atoms with Gasteiger partial charge in [0.25, 0.3) is 5.91 Å². The number of rotatable bonds is 1. The van der Waals surface area contributed by atoms with Gasteiger partial charge in [0.1, 0.15) is 11.9 Å². The van der Waals surface area contributed by atoms with Gasteiger partial charge in [-0.15, -0.1) is 0 Å². The molecule has 0 aromatic rings. The summed E-state index contributed by atoms with van der Waals surface area (Å²) < 4.78 is 0. The molecule has 4 nitrogen and oxygen atoms in total. The van der Waals surface area contributed by atoms with Gasteiger partial charge in [-0.3, -0.25) is 4.79 Å². The molecule has 11 heavy (non-hydrogen) atoms. The Morgan fingerprint density at radius 2 is 2.36 bits per heavy atom. The lowest BCUT2D eigenvalue weighted by Gasteiger charge is -2.13. The molecule has 1 unspecified atom stereocenters. The lowest BCUT2D eigenvalue weighted by molar-refractivity contribution is -0.113. The number of aliphatic hydroxyl groups is 2. The Morgan fingerprint density at radius 1 is 1.73 bits per heavy atom. The monoisotopic (exact) mass is 155 g/mol. The summed E-state index contributed by atoms with van der Waals surface area (Å²) in [5, 5.41) is 18.1. The maximum absolute atomic E-state index is 10.7. The van der Waals surface area contributed by atoms with Crippen molar-refractivity contribution in [2.75, 3.05) is 0 Å². The Bertz CT molecular complexity index is 242. The molecule has 0 aliphatic carbocycles. The smallest absolute Gasteiger partial charge is 0.273 e. The normalized spacial score (nSPS) is 24.5. The van der Waals surface area contributed by atoms with Crippen molar-refractivity contribution in [2.24, 2.45) is 4.99 Å². The maximum Gasteiger partial charge on any atom is 0.273 e. The van der Waals surface area contributed by atoms with E-state index in [1.165, 1.54) is 0 Å². The topological polar surface area (TPSA) is 69.9 Å². The van der Waals surface area contributed by atoms with Gasteiger partial charge >= 0.3 is 0 Å². The molecule has 0 saturated carbocycles. The Morgan fingerprint density at radius 3 is 2.91 bits per heavy atom. The van der Waals surface area contributed by atoms with Gasteiger partial charge < -0.3 is 10.2 Å². The van der Waals surface area contributed by atoms with Crippen molar-refractivity contribution in [1.82, 2.24) is 0 Å². The quantitative estimate of drug-likeness (QED) is 0.567. The summed E-state index contributed by atoms with van der Waals surface area (Å²) in [6, 6.07) is 0. The number of hydrogen-bond acceptors (Lipinski definition) is 3. The average Bonchev–Trinajstić information content (AvgIpc) is 1.96. The van der Waals surface area contributed by atoms with Crippen LogP contribution in [0.3, 0.4) is 0 Å². The summed E-state index contributed by atoms with van der Waals surface area (Å²) >= 11 is 0. The van der Waals surface area contributed by atoms with E-state index in [0.29, 0.717) is 12.1 Å². The fourth-order valence-corrected chi connectivity index (χ4v) is 0.884. The summed E-state index contributed by atoms with van der Waals surface area (Å²) in [5.41, 5.74) is 0.315. The van der Waals surface area contributed by atoms with E-state index in [0.717, 1.165) is 6.08 Å². The minimum atomic E-state index is -1.09. The molecule has 0 fully saturated rings. The number of carbonyl (C=O) groups is 1. The third-order valence-corrected chi connectivity index (χ3v) is 1.48. The van der Waals surface area contributed by atoms with E-state index in [1.54, 1.807) is 6.92 Å².